The molecule has 1 N–H and O–H groups in total. The number of carbonyl (C=O) groups excluding carboxylic acids is 1. The van der Waals surface area contributed by atoms with E-state index in [-0.39, 0.29) is 17.9 Å². The molecular weight excluding hydrogens is 330 g/mol. The number of aliphatic carboxylic acids is 1. The maximum absolute atomic E-state index is 12.9. The third-order valence-electron chi connectivity index (χ3n) is 4.27. The minimum Gasteiger partial charge on any atom is -0.481 e. The second kappa shape index (κ2) is 7.32. The van der Waals surface area contributed by atoms with Gasteiger partial charge in [0.1, 0.15) is 0 Å². The lowest BCUT2D eigenvalue weighted by Gasteiger charge is -2.22. The standard InChI is InChI=1S/C20H27N3O3/c1-13-7-9-15(10-8-13)23-12-16(17(21-23)20(3,4)5)18(24)22(6)11-14(2)19(25)26/h7-10,12,14H,11H2,1-6H3,(H,25,26). The quantitative estimate of drug-likeness (QED) is 0.891. The van der Waals surface area contributed by atoms with Crippen molar-refractivity contribution in [3.8, 4) is 5.69 Å². The molecular formula is C20H27N3O3. The number of amides is 1. The highest BCUT2D eigenvalue weighted by molar-refractivity contribution is 5.95. The maximum atomic E-state index is 12.9. The van der Waals surface area contributed by atoms with E-state index in [2.05, 4.69) is 5.10 Å². The number of hydrogen-bond acceptors (Lipinski definition) is 3. The van der Waals surface area contributed by atoms with Gasteiger partial charge in [0.2, 0.25) is 0 Å². The molecule has 0 radical (unpaired) electrons. The van der Waals surface area contributed by atoms with Gasteiger partial charge >= 0.3 is 5.97 Å². The lowest BCUT2D eigenvalue weighted by molar-refractivity contribution is -0.141. The Bertz CT molecular complexity index is 801. The molecule has 0 saturated heterocycles. The fourth-order valence-electron chi connectivity index (χ4n) is 2.69. The molecule has 1 atom stereocenters. The molecule has 0 saturated carbocycles. The third kappa shape index (κ3) is 4.31. The van der Waals surface area contributed by atoms with Crippen molar-refractivity contribution in [1.29, 1.82) is 0 Å². The Morgan fingerprint density at radius 1 is 1.23 bits per heavy atom. The molecule has 0 bridgehead atoms. The van der Waals surface area contributed by atoms with Crippen LogP contribution in [0.2, 0.25) is 0 Å². The molecule has 0 aliphatic heterocycles. The van der Waals surface area contributed by atoms with Crippen molar-refractivity contribution in [3.63, 3.8) is 0 Å². The Hall–Kier alpha value is -2.63. The summed E-state index contributed by atoms with van der Waals surface area (Å²) in [4.78, 5) is 25.5. The number of carboxylic acids is 1. The Kier molecular flexibility index (Phi) is 5.54. The molecule has 140 valence electrons. The lowest BCUT2D eigenvalue weighted by Crippen LogP contribution is -2.34. The van der Waals surface area contributed by atoms with Crippen LogP contribution in [-0.2, 0) is 10.2 Å². The molecule has 2 rings (SSSR count). The predicted octanol–water partition coefficient (Wildman–Crippen LogP) is 3.27. The number of nitrogens with zero attached hydrogens (tertiary/aromatic N) is 3. The average Bonchev–Trinajstić information content (AvgIpc) is 3.00. The number of hydrogen-bond donors (Lipinski definition) is 1. The highest BCUT2D eigenvalue weighted by Gasteiger charge is 2.29. The van der Waals surface area contributed by atoms with Crippen LogP contribution >= 0.6 is 0 Å². The van der Waals surface area contributed by atoms with Gasteiger partial charge in [-0.3, -0.25) is 9.59 Å². The van der Waals surface area contributed by atoms with E-state index in [1.807, 2.05) is 52.0 Å². The van der Waals surface area contributed by atoms with Gasteiger partial charge in [-0.25, -0.2) is 4.68 Å². The van der Waals surface area contributed by atoms with Gasteiger partial charge in [0.25, 0.3) is 5.91 Å². The van der Waals surface area contributed by atoms with E-state index >= 15 is 0 Å². The first-order chi connectivity index (χ1) is 12.0. The van der Waals surface area contributed by atoms with E-state index in [1.54, 1.807) is 24.9 Å². The summed E-state index contributed by atoms with van der Waals surface area (Å²) in [7, 11) is 1.62. The molecule has 6 heteroatoms. The van der Waals surface area contributed by atoms with Crippen LogP contribution in [0.15, 0.2) is 30.5 Å². The molecule has 26 heavy (non-hydrogen) atoms. The van der Waals surface area contributed by atoms with Crippen LogP contribution in [-0.4, -0.2) is 45.3 Å². The lowest BCUT2D eigenvalue weighted by atomic mass is 9.89. The first kappa shape index (κ1) is 19.7. The third-order valence-corrected chi connectivity index (χ3v) is 4.27. The summed E-state index contributed by atoms with van der Waals surface area (Å²) in [6.07, 6.45) is 1.73. The normalized spacial score (nSPS) is 12.7. The highest BCUT2D eigenvalue weighted by atomic mass is 16.4. The zero-order valence-electron chi connectivity index (χ0n) is 16.3. The molecule has 1 unspecified atom stereocenters. The van der Waals surface area contributed by atoms with Gasteiger partial charge in [0, 0.05) is 25.2 Å². The molecule has 1 heterocycles. The Morgan fingerprint density at radius 3 is 2.31 bits per heavy atom. The topological polar surface area (TPSA) is 75.4 Å². The Morgan fingerprint density at radius 2 is 1.81 bits per heavy atom. The smallest absolute Gasteiger partial charge is 0.308 e. The van der Waals surface area contributed by atoms with Crippen LogP contribution in [0, 0.1) is 12.8 Å². The van der Waals surface area contributed by atoms with Crippen LogP contribution < -0.4 is 0 Å². The van der Waals surface area contributed by atoms with Gasteiger partial charge in [-0.1, -0.05) is 45.4 Å². The van der Waals surface area contributed by atoms with Gasteiger partial charge < -0.3 is 10.0 Å². The van der Waals surface area contributed by atoms with Gasteiger partial charge in [-0.15, -0.1) is 0 Å². The van der Waals surface area contributed by atoms with Crippen LogP contribution in [0.4, 0.5) is 0 Å². The predicted molar refractivity (Wildman–Crippen MR) is 101 cm³/mol. The Balaban J connectivity index is 2.41. The van der Waals surface area contributed by atoms with E-state index in [4.69, 9.17) is 5.11 Å². The summed E-state index contributed by atoms with van der Waals surface area (Å²) in [5.74, 6) is -1.77. The highest BCUT2D eigenvalue weighted by Crippen LogP contribution is 2.26. The van der Waals surface area contributed by atoms with Crippen molar-refractivity contribution in [2.45, 2.75) is 40.0 Å². The molecule has 1 aromatic heterocycles. The van der Waals surface area contributed by atoms with Crippen LogP contribution in [0.25, 0.3) is 5.69 Å². The summed E-state index contributed by atoms with van der Waals surface area (Å²) in [5.41, 5.74) is 2.90. The van der Waals surface area contributed by atoms with Crippen molar-refractivity contribution in [3.05, 3.63) is 47.3 Å². The van der Waals surface area contributed by atoms with Crippen molar-refractivity contribution in [2.75, 3.05) is 13.6 Å². The van der Waals surface area contributed by atoms with Crippen molar-refractivity contribution in [2.24, 2.45) is 5.92 Å². The largest absolute Gasteiger partial charge is 0.481 e. The molecule has 1 amide bonds. The van der Waals surface area contributed by atoms with Crippen molar-refractivity contribution < 1.29 is 14.7 Å². The van der Waals surface area contributed by atoms with Gasteiger partial charge in [0.05, 0.1) is 22.9 Å². The summed E-state index contributed by atoms with van der Waals surface area (Å²) >= 11 is 0. The molecule has 2 aromatic rings. The summed E-state index contributed by atoms with van der Waals surface area (Å²) in [5, 5.41) is 13.7. The van der Waals surface area contributed by atoms with E-state index in [9.17, 15) is 9.59 Å². The number of rotatable bonds is 5. The number of aromatic nitrogens is 2. The number of benzene rings is 1. The monoisotopic (exact) mass is 357 g/mol. The van der Waals surface area contributed by atoms with Crippen LogP contribution in [0.3, 0.4) is 0 Å². The number of aryl methyl sites for hydroxylation is 1. The average molecular weight is 357 g/mol. The molecule has 0 aliphatic rings. The molecule has 0 fully saturated rings. The van der Waals surface area contributed by atoms with Gasteiger partial charge in [-0.2, -0.15) is 5.10 Å². The molecule has 6 nitrogen and oxygen atoms in total. The number of carboxylic acid groups (broad SMARTS) is 1. The van der Waals surface area contributed by atoms with E-state index in [0.29, 0.717) is 11.3 Å². The minimum absolute atomic E-state index is 0.146. The molecule has 0 spiro atoms. The summed E-state index contributed by atoms with van der Waals surface area (Å²) in [6, 6.07) is 7.91. The van der Waals surface area contributed by atoms with Crippen molar-refractivity contribution >= 4 is 11.9 Å². The van der Waals surface area contributed by atoms with Crippen LogP contribution in [0.5, 0.6) is 0 Å². The van der Waals surface area contributed by atoms with E-state index in [0.717, 1.165) is 11.3 Å². The molecule has 0 aliphatic carbocycles. The minimum atomic E-state index is -0.920. The Labute approximate surface area is 154 Å². The second-order valence-corrected chi connectivity index (χ2v) is 7.85. The molecule has 1 aromatic carbocycles. The summed E-state index contributed by atoms with van der Waals surface area (Å²) < 4.78 is 1.71. The second-order valence-electron chi connectivity index (χ2n) is 7.85. The first-order valence-electron chi connectivity index (χ1n) is 8.66. The van der Waals surface area contributed by atoms with Crippen LogP contribution in [0.1, 0.15) is 49.3 Å². The first-order valence-corrected chi connectivity index (χ1v) is 8.66. The number of carbonyl (C=O) groups is 2. The zero-order valence-corrected chi connectivity index (χ0v) is 16.3. The van der Waals surface area contributed by atoms with Crippen molar-refractivity contribution in [1.82, 2.24) is 14.7 Å². The van der Waals surface area contributed by atoms with Gasteiger partial charge in [0.15, 0.2) is 0 Å². The maximum Gasteiger partial charge on any atom is 0.308 e. The van der Waals surface area contributed by atoms with E-state index < -0.39 is 11.9 Å². The zero-order chi connectivity index (χ0) is 19.6. The van der Waals surface area contributed by atoms with Gasteiger partial charge in [-0.05, 0) is 19.1 Å². The SMILES string of the molecule is Cc1ccc(-n2cc(C(=O)N(C)CC(C)C(=O)O)c(C(C)(C)C)n2)cc1. The fraction of sp³-hybridized carbons (Fsp3) is 0.450. The summed E-state index contributed by atoms with van der Waals surface area (Å²) in [6.45, 7) is 9.77. The fourth-order valence-corrected chi connectivity index (χ4v) is 2.69. The van der Waals surface area contributed by atoms with E-state index in [1.165, 1.54) is 4.90 Å².